The lowest BCUT2D eigenvalue weighted by atomic mass is 10.1. The van der Waals surface area contributed by atoms with Crippen LogP contribution in [0.4, 0.5) is 0 Å². The molecule has 0 atom stereocenters. The summed E-state index contributed by atoms with van der Waals surface area (Å²) in [6, 6.07) is 8.25. The van der Waals surface area contributed by atoms with Crippen LogP contribution in [0, 0.1) is 0 Å². The monoisotopic (exact) mass is 254 g/mol. The third-order valence-electron chi connectivity index (χ3n) is 2.20. The summed E-state index contributed by atoms with van der Waals surface area (Å²) in [5.74, 6) is 0.361. The minimum absolute atomic E-state index is 0.361. The largest absolute Gasteiger partial charge is 0.300 e. The van der Waals surface area contributed by atoms with Gasteiger partial charge in [-0.3, -0.25) is 4.79 Å². The van der Waals surface area contributed by atoms with Crippen LogP contribution in [0.1, 0.15) is 31.7 Å². The molecule has 1 aromatic carbocycles. The van der Waals surface area contributed by atoms with E-state index in [1.54, 1.807) is 0 Å². The molecule has 0 aliphatic rings. The molecule has 0 saturated carbocycles. The molecule has 0 aromatic heterocycles. The number of hydrogen-bond donors (Lipinski definition) is 0. The van der Waals surface area contributed by atoms with Gasteiger partial charge in [0.05, 0.1) is 0 Å². The van der Waals surface area contributed by atoms with Crippen LogP contribution in [0.2, 0.25) is 0 Å². The number of carbonyl (C=O) groups is 1. The minimum Gasteiger partial charge on any atom is -0.300 e. The topological polar surface area (TPSA) is 17.1 Å². The van der Waals surface area contributed by atoms with E-state index < -0.39 is 0 Å². The van der Waals surface area contributed by atoms with E-state index in [-0.39, 0.29) is 0 Å². The lowest BCUT2D eigenvalue weighted by molar-refractivity contribution is -0.118. The molecule has 14 heavy (non-hydrogen) atoms. The first-order chi connectivity index (χ1) is 6.72. The van der Waals surface area contributed by atoms with Gasteiger partial charge in [-0.15, -0.1) is 0 Å². The smallest absolute Gasteiger partial charge is 0.132 e. The quantitative estimate of drug-likeness (QED) is 0.783. The zero-order valence-electron chi connectivity index (χ0n) is 8.42. The number of carbonyl (C=O) groups excluding carboxylic acids is 1. The first-order valence-corrected chi connectivity index (χ1v) is 5.78. The molecule has 1 nitrogen and oxygen atoms in total. The summed E-state index contributed by atoms with van der Waals surface area (Å²) < 4.78 is 1.11. The van der Waals surface area contributed by atoms with E-state index in [1.807, 2.05) is 19.1 Å². The summed E-state index contributed by atoms with van der Waals surface area (Å²) in [5, 5.41) is 0. The fourth-order valence-electron chi connectivity index (χ4n) is 1.36. The van der Waals surface area contributed by atoms with Crippen molar-refractivity contribution in [2.45, 2.75) is 32.6 Å². The van der Waals surface area contributed by atoms with Gasteiger partial charge in [-0.1, -0.05) is 35.0 Å². The van der Waals surface area contributed by atoms with Crippen molar-refractivity contribution in [3.05, 3.63) is 34.3 Å². The maximum atomic E-state index is 11.1. The predicted molar refractivity (Wildman–Crippen MR) is 62.4 cm³/mol. The second-order valence-corrected chi connectivity index (χ2v) is 4.29. The molecule has 0 amide bonds. The Kier molecular flexibility index (Phi) is 4.88. The van der Waals surface area contributed by atoms with Crippen molar-refractivity contribution >= 4 is 21.7 Å². The number of hydrogen-bond acceptors (Lipinski definition) is 1. The molecule has 0 spiro atoms. The zero-order chi connectivity index (χ0) is 10.4. The fourth-order valence-corrected chi connectivity index (χ4v) is 1.81. The second kappa shape index (κ2) is 5.97. The SMILES string of the molecule is CCC(=O)CCCc1cccc(Br)c1. The molecular weight excluding hydrogens is 240 g/mol. The highest BCUT2D eigenvalue weighted by Crippen LogP contribution is 2.13. The highest BCUT2D eigenvalue weighted by molar-refractivity contribution is 9.10. The molecule has 0 aliphatic heterocycles. The molecule has 0 bridgehead atoms. The van der Waals surface area contributed by atoms with Gasteiger partial charge in [0.15, 0.2) is 0 Å². The summed E-state index contributed by atoms with van der Waals surface area (Å²) in [6.07, 6.45) is 3.33. The van der Waals surface area contributed by atoms with Crippen LogP contribution in [-0.2, 0) is 11.2 Å². The molecule has 0 N–H and O–H groups in total. The Hall–Kier alpha value is -0.630. The molecule has 0 aliphatic carbocycles. The Labute approximate surface area is 93.7 Å². The molecule has 0 saturated heterocycles. The Morgan fingerprint density at radius 2 is 2.21 bits per heavy atom. The van der Waals surface area contributed by atoms with Crippen LogP contribution in [-0.4, -0.2) is 5.78 Å². The molecule has 1 rings (SSSR count). The van der Waals surface area contributed by atoms with E-state index in [0.29, 0.717) is 18.6 Å². The van der Waals surface area contributed by atoms with Gasteiger partial charge in [-0.05, 0) is 30.5 Å². The maximum Gasteiger partial charge on any atom is 0.132 e. The predicted octanol–water partition coefficient (Wildman–Crippen LogP) is 3.75. The van der Waals surface area contributed by atoms with Crippen LogP contribution >= 0.6 is 15.9 Å². The van der Waals surface area contributed by atoms with E-state index in [9.17, 15) is 4.79 Å². The number of benzene rings is 1. The van der Waals surface area contributed by atoms with Gasteiger partial charge in [0.1, 0.15) is 5.78 Å². The van der Waals surface area contributed by atoms with E-state index in [1.165, 1.54) is 5.56 Å². The Morgan fingerprint density at radius 1 is 1.43 bits per heavy atom. The van der Waals surface area contributed by atoms with Crippen molar-refractivity contribution in [3.8, 4) is 0 Å². The van der Waals surface area contributed by atoms with Crippen LogP contribution in [0.15, 0.2) is 28.7 Å². The van der Waals surface area contributed by atoms with Gasteiger partial charge in [0.2, 0.25) is 0 Å². The maximum absolute atomic E-state index is 11.1. The van der Waals surface area contributed by atoms with E-state index >= 15 is 0 Å². The second-order valence-electron chi connectivity index (χ2n) is 3.38. The van der Waals surface area contributed by atoms with E-state index in [4.69, 9.17) is 0 Å². The highest BCUT2D eigenvalue weighted by atomic mass is 79.9. The van der Waals surface area contributed by atoms with Gasteiger partial charge >= 0.3 is 0 Å². The normalized spacial score (nSPS) is 10.1. The number of Topliss-reactive ketones (excluding diaryl/α,β-unsaturated/α-hetero) is 1. The lowest BCUT2D eigenvalue weighted by Gasteiger charge is -2.00. The average molecular weight is 255 g/mol. The first kappa shape index (κ1) is 11.4. The van der Waals surface area contributed by atoms with Crippen molar-refractivity contribution in [1.82, 2.24) is 0 Å². The van der Waals surface area contributed by atoms with Crippen molar-refractivity contribution in [2.24, 2.45) is 0 Å². The standard InChI is InChI=1S/C12H15BrO/c1-2-12(14)8-4-6-10-5-3-7-11(13)9-10/h3,5,7,9H,2,4,6,8H2,1H3. The van der Waals surface area contributed by atoms with Crippen LogP contribution in [0.5, 0.6) is 0 Å². The van der Waals surface area contributed by atoms with E-state index in [2.05, 4.69) is 28.1 Å². The molecule has 76 valence electrons. The Bertz CT molecular complexity index is 307. The number of ketones is 1. The summed E-state index contributed by atoms with van der Waals surface area (Å²) >= 11 is 3.43. The molecule has 0 heterocycles. The third-order valence-corrected chi connectivity index (χ3v) is 2.70. The fraction of sp³-hybridized carbons (Fsp3) is 0.417. The number of rotatable bonds is 5. The third kappa shape index (κ3) is 4.05. The average Bonchev–Trinajstić information content (AvgIpc) is 2.17. The van der Waals surface area contributed by atoms with Gasteiger partial charge in [0, 0.05) is 17.3 Å². The van der Waals surface area contributed by atoms with Crippen LogP contribution in [0.25, 0.3) is 0 Å². The van der Waals surface area contributed by atoms with Gasteiger partial charge < -0.3 is 0 Å². The van der Waals surface area contributed by atoms with Crippen LogP contribution in [0.3, 0.4) is 0 Å². The number of halogens is 1. The van der Waals surface area contributed by atoms with E-state index in [0.717, 1.165) is 17.3 Å². The van der Waals surface area contributed by atoms with Gasteiger partial charge in [-0.2, -0.15) is 0 Å². The Morgan fingerprint density at radius 3 is 2.86 bits per heavy atom. The van der Waals surface area contributed by atoms with Crippen molar-refractivity contribution in [2.75, 3.05) is 0 Å². The highest BCUT2D eigenvalue weighted by Gasteiger charge is 1.99. The first-order valence-electron chi connectivity index (χ1n) is 4.98. The summed E-state index contributed by atoms with van der Waals surface area (Å²) in [7, 11) is 0. The minimum atomic E-state index is 0.361. The summed E-state index contributed by atoms with van der Waals surface area (Å²) in [6.45, 7) is 1.92. The number of aryl methyl sites for hydroxylation is 1. The van der Waals surface area contributed by atoms with Gasteiger partial charge in [-0.25, -0.2) is 0 Å². The molecule has 2 heteroatoms. The summed E-state index contributed by atoms with van der Waals surface area (Å²) in [4.78, 5) is 11.1. The van der Waals surface area contributed by atoms with Crippen molar-refractivity contribution in [1.29, 1.82) is 0 Å². The molecule has 0 radical (unpaired) electrons. The van der Waals surface area contributed by atoms with Crippen LogP contribution < -0.4 is 0 Å². The van der Waals surface area contributed by atoms with Crippen molar-refractivity contribution in [3.63, 3.8) is 0 Å². The summed E-state index contributed by atoms with van der Waals surface area (Å²) in [5.41, 5.74) is 1.29. The Balaban J connectivity index is 2.35. The molecule has 0 unspecified atom stereocenters. The zero-order valence-corrected chi connectivity index (χ0v) is 10.0. The molecular formula is C12H15BrO. The lowest BCUT2D eigenvalue weighted by Crippen LogP contribution is -1.96. The molecule has 1 aromatic rings. The van der Waals surface area contributed by atoms with Crippen molar-refractivity contribution < 1.29 is 4.79 Å². The van der Waals surface area contributed by atoms with Gasteiger partial charge in [0.25, 0.3) is 0 Å². The molecule has 0 fully saturated rings.